The Bertz CT molecular complexity index is 651. The zero-order valence-electron chi connectivity index (χ0n) is 13.1. The van der Waals surface area contributed by atoms with Gasteiger partial charge in [-0.2, -0.15) is 0 Å². The predicted molar refractivity (Wildman–Crippen MR) is 87.2 cm³/mol. The van der Waals surface area contributed by atoms with Gasteiger partial charge in [0.15, 0.2) is 0 Å². The summed E-state index contributed by atoms with van der Waals surface area (Å²) in [7, 11) is 0. The number of hydrogen-bond donors (Lipinski definition) is 1. The fourth-order valence-corrected chi connectivity index (χ4v) is 2.65. The molecule has 1 saturated heterocycles. The first-order valence-electron chi connectivity index (χ1n) is 7.48. The van der Waals surface area contributed by atoms with E-state index in [4.69, 9.17) is 0 Å². The summed E-state index contributed by atoms with van der Waals surface area (Å²) in [6.45, 7) is 5.60. The predicted octanol–water partition coefficient (Wildman–Crippen LogP) is 2.79. The SMILES string of the molecule is C=CCC1(CC=CC)C(=O)NC(=O)N(Cc2ccccc2)C1=O. The Morgan fingerprint density at radius 3 is 2.48 bits per heavy atom. The minimum absolute atomic E-state index is 0.132. The van der Waals surface area contributed by atoms with Crippen LogP contribution in [0.5, 0.6) is 0 Å². The molecule has 1 unspecified atom stereocenters. The molecule has 1 atom stereocenters. The van der Waals surface area contributed by atoms with E-state index in [2.05, 4.69) is 11.9 Å². The lowest BCUT2D eigenvalue weighted by Crippen LogP contribution is -2.63. The minimum Gasteiger partial charge on any atom is -0.277 e. The lowest BCUT2D eigenvalue weighted by Gasteiger charge is -2.38. The molecule has 1 fully saturated rings. The summed E-state index contributed by atoms with van der Waals surface area (Å²) in [5.41, 5.74) is -0.486. The maximum Gasteiger partial charge on any atom is 0.331 e. The van der Waals surface area contributed by atoms with Crippen molar-refractivity contribution >= 4 is 17.8 Å². The Hall–Kier alpha value is -2.69. The first-order chi connectivity index (χ1) is 11.0. The van der Waals surface area contributed by atoms with Gasteiger partial charge in [-0.1, -0.05) is 48.6 Å². The van der Waals surface area contributed by atoms with Crippen molar-refractivity contribution in [3.8, 4) is 0 Å². The maximum absolute atomic E-state index is 12.9. The molecule has 1 aromatic carbocycles. The molecule has 0 aliphatic carbocycles. The van der Waals surface area contributed by atoms with Crippen molar-refractivity contribution < 1.29 is 14.4 Å². The van der Waals surface area contributed by atoms with Crippen LogP contribution in [0, 0.1) is 5.41 Å². The van der Waals surface area contributed by atoms with Crippen LogP contribution >= 0.6 is 0 Å². The molecular formula is C18H20N2O3. The number of hydrogen-bond acceptors (Lipinski definition) is 3. The van der Waals surface area contributed by atoms with Crippen molar-refractivity contribution in [2.45, 2.75) is 26.3 Å². The van der Waals surface area contributed by atoms with Gasteiger partial charge in [0.25, 0.3) is 0 Å². The zero-order valence-corrected chi connectivity index (χ0v) is 13.1. The Labute approximate surface area is 135 Å². The Morgan fingerprint density at radius 1 is 1.17 bits per heavy atom. The van der Waals surface area contributed by atoms with Crippen molar-refractivity contribution in [1.29, 1.82) is 0 Å². The lowest BCUT2D eigenvalue weighted by atomic mass is 9.77. The molecule has 120 valence electrons. The third kappa shape index (κ3) is 3.23. The van der Waals surface area contributed by atoms with E-state index >= 15 is 0 Å². The second-order valence-corrected chi connectivity index (χ2v) is 5.48. The highest BCUT2D eigenvalue weighted by molar-refractivity contribution is 6.19. The van der Waals surface area contributed by atoms with Gasteiger partial charge in [0.1, 0.15) is 5.41 Å². The van der Waals surface area contributed by atoms with Gasteiger partial charge in [-0.3, -0.25) is 19.8 Å². The smallest absolute Gasteiger partial charge is 0.277 e. The number of allylic oxidation sites excluding steroid dienone is 3. The van der Waals surface area contributed by atoms with Crippen LogP contribution < -0.4 is 5.32 Å². The first kappa shape index (κ1) is 16.7. The third-order valence-corrected chi connectivity index (χ3v) is 3.93. The van der Waals surface area contributed by atoms with Crippen molar-refractivity contribution in [1.82, 2.24) is 10.2 Å². The van der Waals surface area contributed by atoms with Crippen molar-refractivity contribution in [3.63, 3.8) is 0 Å². The molecule has 0 saturated carbocycles. The Kier molecular flexibility index (Phi) is 5.11. The number of benzene rings is 1. The van der Waals surface area contributed by atoms with Gasteiger partial charge in [-0.15, -0.1) is 6.58 Å². The zero-order chi connectivity index (χ0) is 16.9. The van der Waals surface area contributed by atoms with Crippen LogP contribution in [-0.4, -0.2) is 22.7 Å². The van der Waals surface area contributed by atoms with Gasteiger partial charge in [0.2, 0.25) is 11.8 Å². The maximum atomic E-state index is 12.9. The number of barbiturate groups is 1. The number of urea groups is 1. The summed E-state index contributed by atoms with van der Waals surface area (Å²) in [6.07, 6.45) is 5.50. The molecule has 2 rings (SSSR count). The fraction of sp³-hybridized carbons (Fsp3) is 0.278. The van der Waals surface area contributed by atoms with Crippen LogP contribution in [0.1, 0.15) is 25.3 Å². The van der Waals surface area contributed by atoms with Gasteiger partial charge in [0, 0.05) is 0 Å². The molecule has 1 heterocycles. The molecule has 1 aliphatic heterocycles. The van der Waals surface area contributed by atoms with Crippen LogP contribution in [0.4, 0.5) is 4.79 Å². The van der Waals surface area contributed by atoms with E-state index in [1.165, 1.54) is 6.08 Å². The van der Waals surface area contributed by atoms with Gasteiger partial charge < -0.3 is 0 Å². The van der Waals surface area contributed by atoms with E-state index in [9.17, 15) is 14.4 Å². The van der Waals surface area contributed by atoms with Crippen LogP contribution in [0.3, 0.4) is 0 Å². The summed E-state index contributed by atoms with van der Waals surface area (Å²) in [6, 6.07) is 8.52. The number of nitrogens with zero attached hydrogens (tertiary/aromatic N) is 1. The van der Waals surface area contributed by atoms with Crippen LogP contribution in [0.15, 0.2) is 55.1 Å². The molecule has 5 nitrogen and oxygen atoms in total. The number of imide groups is 2. The highest BCUT2D eigenvalue weighted by Gasteiger charge is 2.52. The summed E-state index contributed by atoms with van der Waals surface area (Å²) < 4.78 is 0. The minimum atomic E-state index is -1.31. The number of carbonyl (C=O) groups is 3. The van der Waals surface area contributed by atoms with E-state index < -0.39 is 23.3 Å². The number of rotatable bonds is 6. The van der Waals surface area contributed by atoms with Crippen molar-refractivity contribution in [3.05, 3.63) is 60.7 Å². The molecule has 23 heavy (non-hydrogen) atoms. The van der Waals surface area contributed by atoms with E-state index in [-0.39, 0.29) is 19.4 Å². The molecule has 0 bridgehead atoms. The average molecular weight is 312 g/mol. The second-order valence-electron chi connectivity index (χ2n) is 5.48. The highest BCUT2D eigenvalue weighted by atomic mass is 16.2. The molecule has 0 spiro atoms. The molecule has 0 radical (unpaired) electrons. The molecular weight excluding hydrogens is 292 g/mol. The van der Waals surface area contributed by atoms with Crippen LogP contribution in [0.2, 0.25) is 0 Å². The van der Waals surface area contributed by atoms with Crippen molar-refractivity contribution in [2.24, 2.45) is 5.41 Å². The van der Waals surface area contributed by atoms with E-state index in [0.29, 0.717) is 0 Å². The summed E-state index contributed by atoms with van der Waals surface area (Å²) in [5.74, 6) is -1.04. The monoisotopic (exact) mass is 312 g/mol. The first-order valence-corrected chi connectivity index (χ1v) is 7.48. The van der Waals surface area contributed by atoms with Gasteiger partial charge in [-0.05, 0) is 25.3 Å². The fourth-order valence-electron chi connectivity index (χ4n) is 2.65. The standard InChI is InChI=1S/C18H20N2O3/c1-3-5-12-18(11-4-2)15(21)19-17(23)20(16(18)22)13-14-9-7-6-8-10-14/h3-10H,2,11-13H2,1H3,(H,19,21,23). The highest BCUT2D eigenvalue weighted by Crippen LogP contribution is 2.34. The van der Waals surface area contributed by atoms with Gasteiger partial charge in [-0.25, -0.2) is 4.79 Å². The van der Waals surface area contributed by atoms with E-state index in [0.717, 1.165) is 10.5 Å². The quantitative estimate of drug-likeness (QED) is 0.649. The number of amides is 4. The van der Waals surface area contributed by atoms with Gasteiger partial charge in [0.05, 0.1) is 6.54 Å². The summed E-state index contributed by atoms with van der Waals surface area (Å²) in [5, 5.41) is 2.31. The summed E-state index contributed by atoms with van der Waals surface area (Å²) >= 11 is 0. The van der Waals surface area contributed by atoms with Gasteiger partial charge >= 0.3 is 6.03 Å². The largest absolute Gasteiger partial charge is 0.331 e. The number of carbonyl (C=O) groups excluding carboxylic acids is 3. The molecule has 1 aromatic rings. The summed E-state index contributed by atoms with van der Waals surface area (Å²) in [4.78, 5) is 38.5. The Morgan fingerprint density at radius 2 is 1.87 bits per heavy atom. The van der Waals surface area contributed by atoms with E-state index in [1.807, 2.05) is 37.3 Å². The molecule has 1 N–H and O–H groups in total. The van der Waals surface area contributed by atoms with E-state index in [1.54, 1.807) is 12.2 Å². The Balaban J connectivity index is 2.36. The molecule has 1 aliphatic rings. The van der Waals surface area contributed by atoms with Crippen LogP contribution in [0.25, 0.3) is 0 Å². The molecule has 5 heteroatoms. The van der Waals surface area contributed by atoms with Crippen molar-refractivity contribution in [2.75, 3.05) is 0 Å². The average Bonchev–Trinajstić information content (AvgIpc) is 2.55. The lowest BCUT2D eigenvalue weighted by molar-refractivity contribution is -0.151. The normalized spacial score (nSPS) is 21.6. The topological polar surface area (TPSA) is 66.5 Å². The molecule has 4 amide bonds. The molecule has 0 aromatic heterocycles. The second kappa shape index (κ2) is 7.05. The third-order valence-electron chi connectivity index (χ3n) is 3.93. The number of nitrogens with one attached hydrogen (secondary N) is 1. The van der Waals surface area contributed by atoms with Crippen LogP contribution in [-0.2, 0) is 16.1 Å².